The second-order valence-electron chi connectivity index (χ2n) is 8.45. The lowest BCUT2D eigenvalue weighted by molar-refractivity contribution is -0.118. The largest absolute Gasteiger partial charge is 0.478 e. The van der Waals surface area contributed by atoms with Crippen LogP contribution < -0.4 is 10.6 Å². The standard InChI is InChI=1S/C27H26N2O6/c1-16-12-17(10-11-19(16)26(32)33)29-25(31)13-18(30)14-28-27(34)35-15-24-22-8-4-2-6-20(22)21-7-3-5-9-23(21)24/h2-12,18,24,30H,13-15H2,1H3,(H,28,34)(H,29,31)(H,32,33). The number of alkyl carbamates (subject to hydrolysis) is 1. The van der Waals surface area contributed by atoms with Crippen LogP contribution in [0.4, 0.5) is 10.5 Å². The van der Waals surface area contributed by atoms with Gasteiger partial charge in [-0.15, -0.1) is 0 Å². The molecule has 0 spiro atoms. The molecule has 8 nitrogen and oxygen atoms in total. The first-order valence-electron chi connectivity index (χ1n) is 11.2. The molecule has 0 saturated carbocycles. The van der Waals surface area contributed by atoms with E-state index in [0.29, 0.717) is 11.3 Å². The van der Waals surface area contributed by atoms with E-state index in [1.54, 1.807) is 13.0 Å². The number of ether oxygens (including phenoxy) is 1. The van der Waals surface area contributed by atoms with Gasteiger partial charge >= 0.3 is 12.1 Å². The third-order valence-corrected chi connectivity index (χ3v) is 5.99. The van der Waals surface area contributed by atoms with E-state index < -0.39 is 24.1 Å². The van der Waals surface area contributed by atoms with Crippen molar-refractivity contribution in [2.75, 3.05) is 18.5 Å². The van der Waals surface area contributed by atoms with E-state index in [-0.39, 0.29) is 31.1 Å². The van der Waals surface area contributed by atoms with Gasteiger partial charge in [-0.05, 0) is 52.9 Å². The van der Waals surface area contributed by atoms with E-state index in [1.807, 2.05) is 36.4 Å². The van der Waals surface area contributed by atoms with Gasteiger partial charge in [-0.25, -0.2) is 9.59 Å². The summed E-state index contributed by atoms with van der Waals surface area (Å²) in [5.41, 5.74) is 5.55. The van der Waals surface area contributed by atoms with E-state index in [1.165, 1.54) is 12.1 Å². The van der Waals surface area contributed by atoms with Crippen molar-refractivity contribution < 1.29 is 29.3 Å². The predicted octanol–water partition coefficient (Wildman–Crippen LogP) is 3.92. The number of carbonyl (C=O) groups is 3. The second kappa shape index (κ2) is 10.4. The van der Waals surface area contributed by atoms with Gasteiger partial charge in [0.1, 0.15) is 6.61 Å². The number of amides is 2. The highest BCUT2D eigenvalue weighted by Crippen LogP contribution is 2.44. The zero-order valence-corrected chi connectivity index (χ0v) is 19.2. The summed E-state index contributed by atoms with van der Waals surface area (Å²) >= 11 is 0. The third kappa shape index (κ3) is 5.50. The summed E-state index contributed by atoms with van der Waals surface area (Å²) in [5.74, 6) is -1.58. The number of aliphatic hydroxyl groups is 1. The van der Waals surface area contributed by atoms with Gasteiger partial charge in [0.25, 0.3) is 0 Å². The summed E-state index contributed by atoms with van der Waals surface area (Å²) in [6.07, 6.45) is -2.04. The molecule has 8 heteroatoms. The van der Waals surface area contributed by atoms with E-state index in [4.69, 9.17) is 9.84 Å². The number of carbonyl (C=O) groups excluding carboxylic acids is 2. The third-order valence-electron chi connectivity index (χ3n) is 5.99. The zero-order chi connectivity index (χ0) is 24.9. The van der Waals surface area contributed by atoms with Crippen LogP contribution in [0.1, 0.15) is 39.4 Å². The molecule has 4 rings (SSSR count). The smallest absolute Gasteiger partial charge is 0.407 e. The Hall–Kier alpha value is -4.17. The van der Waals surface area contributed by atoms with Crippen molar-refractivity contribution in [3.8, 4) is 11.1 Å². The number of carboxylic acids is 1. The molecule has 180 valence electrons. The predicted molar refractivity (Wildman–Crippen MR) is 130 cm³/mol. The van der Waals surface area contributed by atoms with E-state index in [0.717, 1.165) is 22.3 Å². The van der Waals surface area contributed by atoms with Crippen molar-refractivity contribution in [1.82, 2.24) is 5.32 Å². The highest BCUT2D eigenvalue weighted by molar-refractivity contribution is 5.93. The Kier molecular flexibility index (Phi) is 7.12. The fraction of sp³-hybridized carbons (Fsp3) is 0.222. The number of rotatable bonds is 8. The number of fused-ring (bicyclic) bond motifs is 3. The van der Waals surface area contributed by atoms with E-state index in [9.17, 15) is 19.5 Å². The number of carboxylic acid groups (broad SMARTS) is 1. The molecule has 0 aromatic heterocycles. The van der Waals surface area contributed by atoms with Crippen molar-refractivity contribution in [2.24, 2.45) is 0 Å². The topological polar surface area (TPSA) is 125 Å². The number of aliphatic hydroxyl groups excluding tert-OH is 1. The molecule has 1 atom stereocenters. The quantitative estimate of drug-likeness (QED) is 0.392. The molecule has 0 bridgehead atoms. The lowest BCUT2D eigenvalue weighted by atomic mass is 9.98. The number of hydrogen-bond donors (Lipinski definition) is 4. The molecule has 0 aliphatic heterocycles. The summed E-state index contributed by atoms with van der Waals surface area (Å²) in [6.45, 7) is 1.63. The first-order valence-corrected chi connectivity index (χ1v) is 11.2. The normalized spacial score (nSPS) is 12.9. The van der Waals surface area contributed by atoms with Crippen LogP contribution >= 0.6 is 0 Å². The van der Waals surface area contributed by atoms with Gasteiger partial charge < -0.3 is 25.6 Å². The molecule has 1 aliphatic rings. The number of anilines is 1. The fourth-order valence-corrected chi connectivity index (χ4v) is 4.33. The molecule has 2 amide bonds. The van der Waals surface area contributed by atoms with Gasteiger partial charge in [0, 0.05) is 18.2 Å². The van der Waals surface area contributed by atoms with Crippen LogP contribution in [0.25, 0.3) is 11.1 Å². The Bertz CT molecular complexity index is 1230. The Morgan fingerprint density at radius 1 is 0.971 bits per heavy atom. The maximum atomic E-state index is 12.2. The minimum absolute atomic E-state index is 0.0696. The molecule has 4 N–H and O–H groups in total. The Morgan fingerprint density at radius 3 is 2.20 bits per heavy atom. The number of hydrogen-bond acceptors (Lipinski definition) is 5. The molecule has 1 aliphatic carbocycles. The Morgan fingerprint density at radius 2 is 1.60 bits per heavy atom. The molecule has 1 unspecified atom stereocenters. The van der Waals surface area contributed by atoms with Crippen molar-refractivity contribution in [3.63, 3.8) is 0 Å². The number of benzene rings is 3. The zero-order valence-electron chi connectivity index (χ0n) is 19.2. The SMILES string of the molecule is Cc1cc(NC(=O)CC(O)CNC(=O)OCC2c3ccccc3-c3ccccc32)ccc1C(=O)O. The van der Waals surface area contributed by atoms with Gasteiger partial charge in [0.15, 0.2) is 0 Å². The van der Waals surface area contributed by atoms with Gasteiger partial charge in [0.2, 0.25) is 5.91 Å². The maximum absolute atomic E-state index is 12.2. The molecule has 35 heavy (non-hydrogen) atoms. The average Bonchev–Trinajstić information content (AvgIpc) is 3.15. The second-order valence-corrected chi connectivity index (χ2v) is 8.45. The van der Waals surface area contributed by atoms with Gasteiger partial charge in [-0.2, -0.15) is 0 Å². The monoisotopic (exact) mass is 474 g/mol. The summed E-state index contributed by atoms with van der Waals surface area (Å²) in [5, 5.41) is 24.3. The van der Waals surface area contributed by atoms with Crippen LogP contribution in [0.15, 0.2) is 66.7 Å². The van der Waals surface area contributed by atoms with Crippen LogP contribution in [-0.2, 0) is 9.53 Å². The van der Waals surface area contributed by atoms with E-state index in [2.05, 4.69) is 22.8 Å². The van der Waals surface area contributed by atoms with Gasteiger partial charge in [-0.1, -0.05) is 48.5 Å². The summed E-state index contributed by atoms with van der Waals surface area (Å²) in [7, 11) is 0. The average molecular weight is 475 g/mol. The summed E-state index contributed by atoms with van der Waals surface area (Å²) < 4.78 is 5.42. The lowest BCUT2D eigenvalue weighted by Crippen LogP contribution is -2.35. The number of aryl methyl sites for hydroxylation is 1. The molecule has 0 saturated heterocycles. The first-order chi connectivity index (χ1) is 16.8. The van der Waals surface area contributed by atoms with Crippen LogP contribution in [0.5, 0.6) is 0 Å². The number of aromatic carboxylic acids is 1. The van der Waals surface area contributed by atoms with Crippen LogP contribution in [0, 0.1) is 6.92 Å². The van der Waals surface area contributed by atoms with Crippen LogP contribution in [0.2, 0.25) is 0 Å². The van der Waals surface area contributed by atoms with Crippen molar-refractivity contribution in [3.05, 3.63) is 89.0 Å². The fourth-order valence-electron chi connectivity index (χ4n) is 4.33. The van der Waals surface area contributed by atoms with Gasteiger partial charge in [-0.3, -0.25) is 4.79 Å². The highest BCUT2D eigenvalue weighted by atomic mass is 16.5. The lowest BCUT2D eigenvalue weighted by Gasteiger charge is -2.16. The van der Waals surface area contributed by atoms with Gasteiger partial charge in [0.05, 0.1) is 18.1 Å². The highest BCUT2D eigenvalue weighted by Gasteiger charge is 2.29. The molecular weight excluding hydrogens is 448 g/mol. The molecule has 0 radical (unpaired) electrons. The first kappa shape index (κ1) is 24.0. The van der Waals surface area contributed by atoms with Crippen molar-refractivity contribution in [1.29, 1.82) is 0 Å². The van der Waals surface area contributed by atoms with E-state index >= 15 is 0 Å². The van der Waals surface area contributed by atoms with Crippen molar-refractivity contribution in [2.45, 2.75) is 25.4 Å². The number of nitrogens with one attached hydrogen (secondary N) is 2. The molecule has 0 fully saturated rings. The Balaban J connectivity index is 1.24. The molecule has 3 aromatic carbocycles. The molecule has 0 heterocycles. The minimum Gasteiger partial charge on any atom is -0.478 e. The summed E-state index contributed by atoms with van der Waals surface area (Å²) in [6, 6.07) is 20.5. The van der Waals surface area contributed by atoms with Crippen molar-refractivity contribution >= 4 is 23.7 Å². The minimum atomic E-state index is -1.12. The summed E-state index contributed by atoms with van der Waals surface area (Å²) in [4.78, 5) is 35.5. The Labute approximate surface area is 202 Å². The maximum Gasteiger partial charge on any atom is 0.407 e. The molecular formula is C27H26N2O6. The molecule has 3 aromatic rings. The van der Waals surface area contributed by atoms with Crippen LogP contribution in [-0.4, -0.2) is 47.4 Å². The van der Waals surface area contributed by atoms with Crippen LogP contribution in [0.3, 0.4) is 0 Å².